The van der Waals surface area contributed by atoms with E-state index in [9.17, 15) is 81.4 Å². The summed E-state index contributed by atoms with van der Waals surface area (Å²) in [7, 11) is 0. The fourth-order valence-corrected chi connectivity index (χ4v) is 7.37. The van der Waals surface area contributed by atoms with Gasteiger partial charge in [-0.15, -0.1) is 0 Å². The first-order chi connectivity index (χ1) is 27.4. The van der Waals surface area contributed by atoms with Gasteiger partial charge in [0.1, 0.15) is 116 Å². The molecule has 5 heterocycles. The van der Waals surface area contributed by atoms with E-state index in [0.29, 0.717) is 0 Å². The van der Waals surface area contributed by atoms with Crippen molar-refractivity contribution in [1.29, 1.82) is 0 Å². The minimum Gasteiger partial charge on any atom is -0.394 e. The van der Waals surface area contributed by atoms with E-state index < -0.39 is 186 Å². The van der Waals surface area contributed by atoms with E-state index in [-0.39, 0.29) is 0 Å². The van der Waals surface area contributed by atoms with Gasteiger partial charge < -0.3 is 125 Å². The standard InChI is InChI=1S/C32H55NO25/c1-7-14(39)17(42)21(46)30(50-7)57-26-13(33-8(2)38)29(54-12(6-37)25(26)56-31-22(47)18(43)15(40)9(3-34)52-31)58-27-16(41)10(4-35)53-32(23(27)48)55-24-11(5-36)51-28(49)20(45)19(24)44/h7,9-32,34-37,39-49H,3-6H2,1-2H3,(H,33,38)/t7-,9+,10+,11+,12+,13+,14+,15-,16-,17+,18-,19+,20+,21-,22+,23+,24+,25+,26+,27-,28?,29+,30+,31-,32-/m0/s1. The SMILES string of the molecule is CC(=O)N[C@H]1[C@@H](O[C@H]2[C@@H](O)[C@@H](CO)O[C@@H](O[C@H]3[C@H](O)[C@@H](O)C(O)O[C@@H]3CO)[C@@H]2O)O[C@H](CO)[C@@H](O[C@@H]2O[C@H](CO)[C@H](O)[C@H](O)[C@H]2O)[C@@H]1O[C@H]1O[C@@H](C)[C@@H](O)[C@@H](O)[C@@H]1O. The topological polar surface area (TPSA) is 416 Å². The monoisotopic (exact) mass is 853 g/mol. The maximum atomic E-state index is 12.8. The highest BCUT2D eigenvalue weighted by Gasteiger charge is 2.57. The van der Waals surface area contributed by atoms with Crippen LogP contribution >= 0.6 is 0 Å². The average Bonchev–Trinajstić information content (AvgIpc) is 3.19. The predicted octanol–water partition coefficient (Wildman–Crippen LogP) is -10.8. The van der Waals surface area contributed by atoms with Gasteiger partial charge in [-0.05, 0) is 6.92 Å². The van der Waals surface area contributed by atoms with Gasteiger partial charge in [0.2, 0.25) is 5.91 Å². The van der Waals surface area contributed by atoms with E-state index in [1.165, 1.54) is 6.92 Å². The Morgan fingerprint density at radius 1 is 0.448 bits per heavy atom. The third kappa shape index (κ3) is 9.75. The minimum atomic E-state index is -2.12. The maximum absolute atomic E-state index is 12.8. The molecule has 5 saturated heterocycles. The van der Waals surface area contributed by atoms with Crippen LogP contribution in [0, 0.1) is 0 Å². The molecule has 26 nitrogen and oxygen atoms in total. The normalized spacial score (nSPS) is 51.6. The predicted molar refractivity (Wildman–Crippen MR) is 177 cm³/mol. The van der Waals surface area contributed by atoms with Crippen LogP contribution in [0.3, 0.4) is 0 Å². The van der Waals surface area contributed by atoms with Gasteiger partial charge in [0.15, 0.2) is 31.5 Å². The Labute approximate surface area is 329 Å². The van der Waals surface area contributed by atoms with Gasteiger partial charge >= 0.3 is 0 Å². The Morgan fingerprint density at radius 2 is 0.897 bits per heavy atom. The molecule has 5 fully saturated rings. The number of aliphatic hydroxyl groups excluding tert-OH is 15. The first kappa shape index (κ1) is 47.6. The number of carbonyl (C=O) groups excluding carboxylic acids is 1. The van der Waals surface area contributed by atoms with Gasteiger partial charge in [0, 0.05) is 6.92 Å². The van der Waals surface area contributed by atoms with E-state index >= 15 is 0 Å². The molecule has 26 heteroatoms. The van der Waals surface area contributed by atoms with Gasteiger partial charge in [0.25, 0.3) is 0 Å². The van der Waals surface area contributed by atoms with Crippen LogP contribution in [0.1, 0.15) is 13.8 Å². The number of aliphatic hydroxyl groups is 15. The van der Waals surface area contributed by atoms with Crippen LogP contribution in [-0.2, 0) is 47.4 Å². The molecular formula is C32H55NO25. The molecular weight excluding hydrogens is 798 g/mol. The van der Waals surface area contributed by atoms with Crippen LogP contribution in [0.25, 0.3) is 0 Å². The molecule has 0 saturated carbocycles. The quantitative estimate of drug-likeness (QED) is 0.0818. The summed E-state index contributed by atoms with van der Waals surface area (Å²) in [5.74, 6) is -0.830. The summed E-state index contributed by atoms with van der Waals surface area (Å²) in [6.45, 7) is -1.36. The summed E-state index contributed by atoms with van der Waals surface area (Å²) in [4.78, 5) is 12.8. The largest absolute Gasteiger partial charge is 0.394 e. The number of hydrogen-bond acceptors (Lipinski definition) is 25. The number of nitrogens with one attached hydrogen (secondary N) is 1. The third-order valence-corrected chi connectivity index (χ3v) is 10.7. The van der Waals surface area contributed by atoms with Crippen molar-refractivity contribution in [2.24, 2.45) is 0 Å². The van der Waals surface area contributed by atoms with Crippen molar-refractivity contribution in [3.63, 3.8) is 0 Å². The fraction of sp³-hybridized carbons (Fsp3) is 0.969. The number of amides is 1. The molecule has 0 aliphatic carbocycles. The Morgan fingerprint density at radius 3 is 1.47 bits per heavy atom. The van der Waals surface area contributed by atoms with E-state index in [0.717, 1.165) is 6.92 Å². The van der Waals surface area contributed by atoms with Crippen molar-refractivity contribution in [2.45, 2.75) is 167 Å². The van der Waals surface area contributed by atoms with Crippen LogP contribution in [-0.4, -0.2) is 262 Å². The molecule has 5 rings (SSSR count). The molecule has 1 amide bonds. The molecule has 5 aliphatic heterocycles. The van der Waals surface area contributed by atoms with Crippen molar-refractivity contribution in [2.75, 3.05) is 26.4 Å². The lowest BCUT2D eigenvalue weighted by Crippen LogP contribution is -2.71. The lowest BCUT2D eigenvalue weighted by atomic mass is 9.93. The Bertz CT molecular complexity index is 1300. The number of hydrogen-bond donors (Lipinski definition) is 16. The lowest BCUT2D eigenvalue weighted by molar-refractivity contribution is -0.391. The second-order valence-corrected chi connectivity index (χ2v) is 14.7. The number of rotatable bonds is 13. The highest BCUT2D eigenvalue weighted by Crippen LogP contribution is 2.36. The zero-order valence-electron chi connectivity index (χ0n) is 31.1. The molecule has 5 aliphatic rings. The van der Waals surface area contributed by atoms with Crippen LogP contribution in [0.2, 0.25) is 0 Å². The van der Waals surface area contributed by atoms with Gasteiger partial charge in [0.05, 0.1) is 32.5 Å². The van der Waals surface area contributed by atoms with E-state index in [1.54, 1.807) is 0 Å². The zero-order valence-corrected chi connectivity index (χ0v) is 31.1. The smallest absolute Gasteiger partial charge is 0.217 e. The van der Waals surface area contributed by atoms with Crippen molar-refractivity contribution in [1.82, 2.24) is 5.32 Å². The second kappa shape index (κ2) is 20.1. The minimum absolute atomic E-state index is 0.830. The second-order valence-electron chi connectivity index (χ2n) is 14.7. The summed E-state index contributed by atoms with van der Waals surface area (Å²) in [6.07, 6.45) is -43.6. The molecule has 0 aromatic carbocycles. The number of ether oxygens (including phenoxy) is 9. The van der Waals surface area contributed by atoms with Crippen LogP contribution in [0.15, 0.2) is 0 Å². The van der Waals surface area contributed by atoms with Crippen LogP contribution in [0.4, 0.5) is 0 Å². The molecule has 0 spiro atoms. The Hall–Kier alpha value is -1.49. The molecule has 0 radical (unpaired) electrons. The Balaban J connectivity index is 1.50. The summed E-state index contributed by atoms with van der Waals surface area (Å²) in [5, 5.41) is 159. The van der Waals surface area contributed by atoms with Crippen molar-refractivity contribution < 1.29 is 124 Å². The van der Waals surface area contributed by atoms with Crippen molar-refractivity contribution >= 4 is 5.91 Å². The van der Waals surface area contributed by atoms with E-state index in [1.807, 2.05) is 0 Å². The molecule has 0 aromatic rings. The first-order valence-electron chi connectivity index (χ1n) is 18.5. The summed E-state index contributed by atoms with van der Waals surface area (Å²) in [6, 6.07) is -1.73. The lowest BCUT2D eigenvalue weighted by Gasteiger charge is -2.51. The van der Waals surface area contributed by atoms with E-state index in [2.05, 4.69) is 5.32 Å². The number of carbonyl (C=O) groups is 1. The van der Waals surface area contributed by atoms with Gasteiger partial charge in [-0.3, -0.25) is 4.79 Å². The zero-order chi connectivity index (χ0) is 42.9. The molecule has 1 unspecified atom stereocenters. The molecule has 0 aromatic heterocycles. The van der Waals surface area contributed by atoms with E-state index in [4.69, 9.17) is 42.6 Å². The summed E-state index contributed by atoms with van der Waals surface area (Å²) in [5.41, 5.74) is 0. The molecule has 0 bridgehead atoms. The third-order valence-electron chi connectivity index (χ3n) is 10.7. The fourth-order valence-electron chi connectivity index (χ4n) is 7.37. The van der Waals surface area contributed by atoms with Gasteiger partial charge in [-0.1, -0.05) is 0 Å². The highest BCUT2D eigenvalue weighted by molar-refractivity contribution is 5.73. The molecule has 16 N–H and O–H groups in total. The summed E-state index contributed by atoms with van der Waals surface area (Å²) >= 11 is 0. The Kier molecular flexibility index (Phi) is 16.5. The van der Waals surface area contributed by atoms with Crippen LogP contribution < -0.4 is 5.32 Å². The molecule has 58 heavy (non-hydrogen) atoms. The maximum Gasteiger partial charge on any atom is 0.217 e. The average molecular weight is 854 g/mol. The van der Waals surface area contributed by atoms with Crippen molar-refractivity contribution in [3.8, 4) is 0 Å². The van der Waals surface area contributed by atoms with Crippen molar-refractivity contribution in [3.05, 3.63) is 0 Å². The van der Waals surface area contributed by atoms with Crippen LogP contribution in [0.5, 0.6) is 0 Å². The molecule has 25 atom stereocenters. The first-order valence-corrected chi connectivity index (χ1v) is 18.5. The van der Waals surface area contributed by atoms with Gasteiger partial charge in [-0.2, -0.15) is 0 Å². The molecule has 338 valence electrons. The highest BCUT2D eigenvalue weighted by atomic mass is 16.8. The summed E-state index contributed by atoms with van der Waals surface area (Å²) < 4.78 is 51.4. The van der Waals surface area contributed by atoms with Gasteiger partial charge in [-0.25, -0.2) is 0 Å².